The van der Waals surface area contributed by atoms with Crippen molar-refractivity contribution in [1.82, 2.24) is 10.6 Å². The molecule has 0 fully saturated rings. The Morgan fingerprint density at radius 1 is 0.905 bits per heavy atom. The third-order valence-corrected chi connectivity index (χ3v) is 10.4. The minimum Gasteiger partial charge on any atom is -0.454 e. The molecule has 0 saturated heterocycles. The van der Waals surface area contributed by atoms with Gasteiger partial charge in [-0.2, -0.15) is 0 Å². The van der Waals surface area contributed by atoms with Crippen molar-refractivity contribution in [2.45, 2.75) is 53.4 Å². The quantitative estimate of drug-likeness (QED) is 0.480. The lowest BCUT2D eigenvalue weighted by Gasteiger charge is -2.34. The molecule has 0 saturated carbocycles. The summed E-state index contributed by atoms with van der Waals surface area (Å²) in [6.07, 6.45) is 3.30. The summed E-state index contributed by atoms with van der Waals surface area (Å²) in [5, 5.41) is 7.15. The molecule has 128 valence electrons. The Kier molecular flexibility index (Phi) is 10.3. The predicted octanol–water partition coefficient (Wildman–Crippen LogP) is 2.31. The summed E-state index contributed by atoms with van der Waals surface area (Å²) < 4.78 is 6.58. The molecule has 0 heterocycles. The highest BCUT2D eigenvalue weighted by atomic mass is 28.4. The molecule has 0 radical (unpaired) electrons. The van der Waals surface area contributed by atoms with Crippen LogP contribution < -0.4 is 16.4 Å². The summed E-state index contributed by atoms with van der Waals surface area (Å²) in [7, 11) is -3.25. The average Bonchev–Trinajstić information content (AvgIpc) is 2.36. The van der Waals surface area contributed by atoms with Gasteiger partial charge in [0.1, 0.15) is 0 Å². The zero-order chi connectivity index (χ0) is 16.5. The first-order valence-electron chi connectivity index (χ1n) is 8.43. The fourth-order valence-corrected chi connectivity index (χ4v) is 10.3. The normalized spacial score (nSPS) is 16.0. The van der Waals surface area contributed by atoms with Crippen molar-refractivity contribution in [2.24, 2.45) is 17.6 Å². The van der Waals surface area contributed by atoms with Gasteiger partial charge in [0.25, 0.3) is 0 Å². The molecule has 0 spiro atoms. The van der Waals surface area contributed by atoms with Crippen LogP contribution in [0.4, 0.5) is 0 Å². The van der Waals surface area contributed by atoms with E-state index in [9.17, 15) is 0 Å². The lowest BCUT2D eigenvalue weighted by molar-refractivity contribution is 0.482. The molecule has 0 aromatic carbocycles. The molecular weight excluding hydrogens is 294 g/mol. The van der Waals surface area contributed by atoms with Crippen LogP contribution in [0.3, 0.4) is 0 Å². The summed E-state index contributed by atoms with van der Waals surface area (Å²) in [6, 6.07) is 0. The van der Waals surface area contributed by atoms with Gasteiger partial charge < -0.3 is 20.5 Å². The molecular formula is C15H39N3OSi2. The van der Waals surface area contributed by atoms with E-state index in [0.29, 0.717) is 5.92 Å². The summed E-state index contributed by atoms with van der Waals surface area (Å²) in [4.78, 5) is 0. The van der Waals surface area contributed by atoms with Gasteiger partial charge in [-0.1, -0.05) is 27.2 Å². The Balaban J connectivity index is 4.09. The van der Waals surface area contributed by atoms with Crippen LogP contribution in [0, 0.1) is 11.8 Å². The average molecular weight is 334 g/mol. The highest BCUT2D eigenvalue weighted by Crippen LogP contribution is 2.13. The summed E-state index contributed by atoms with van der Waals surface area (Å²) in [5.74, 6) is 1.29. The van der Waals surface area contributed by atoms with Crippen molar-refractivity contribution >= 4 is 16.6 Å². The van der Waals surface area contributed by atoms with Crippen LogP contribution in [0.15, 0.2) is 0 Å². The van der Waals surface area contributed by atoms with E-state index >= 15 is 0 Å². The van der Waals surface area contributed by atoms with Gasteiger partial charge in [0.2, 0.25) is 0 Å². The van der Waals surface area contributed by atoms with Gasteiger partial charge in [-0.25, -0.2) is 0 Å². The number of hydrogen-bond donors (Lipinski definition) is 3. The Morgan fingerprint density at radius 2 is 1.33 bits per heavy atom. The van der Waals surface area contributed by atoms with Crippen molar-refractivity contribution in [1.29, 1.82) is 0 Å². The molecule has 0 bridgehead atoms. The van der Waals surface area contributed by atoms with Crippen LogP contribution in [-0.2, 0) is 4.12 Å². The lowest BCUT2D eigenvalue weighted by Crippen LogP contribution is -2.55. The van der Waals surface area contributed by atoms with Crippen molar-refractivity contribution in [3.63, 3.8) is 0 Å². The molecule has 4 N–H and O–H groups in total. The third kappa shape index (κ3) is 11.5. The zero-order valence-corrected chi connectivity index (χ0v) is 17.4. The van der Waals surface area contributed by atoms with Gasteiger partial charge in [0.05, 0.1) is 0 Å². The second-order valence-electron chi connectivity index (χ2n) is 7.74. The molecule has 4 nitrogen and oxygen atoms in total. The molecule has 2 unspecified atom stereocenters. The molecule has 0 aliphatic heterocycles. The molecule has 2 atom stereocenters. The highest BCUT2D eigenvalue weighted by molar-refractivity contribution is 6.85. The summed E-state index contributed by atoms with van der Waals surface area (Å²) in [5.41, 5.74) is 5.65. The van der Waals surface area contributed by atoms with Crippen LogP contribution in [0.2, 0.25) is 26.2 Å². The summed E-state index contributed by atoms with van der Waals surface area (Å²) >= 11 is 0. The van der Waals surface area contributed by atoms with Gasteiger partial charge in [-0.05, 0) is 57.7 Å². The minimum atomic E-state index is -1.63. The van der Waals surface area contributed by atoms with Gasteiger partial charge in [-0.3, -0.25) is 0 Å². The lowest BCUT2D eigenvalue weighted by atomic mass is 10.1. The van der Waals surface area contributed by atoms with E-state index in [1.807, 2.05) is 0 Å². The minimum absolute atomic E-state index is 0.539. The topological polar surface area (TPSA) is 59.3 Å². The van der Waals surface area contributed by atoms with Crippen LogP contribution in [0.1, 0.15) is 27.2 Å². The van der Waals surface area contributed by atoms with E-state index < -0.39 is 16.6 Å². The maximum Gasteiger partial charge on any atom is 0.187 e. The van der Waals surface area contributed by atoms with Crippen LogP contribution >= 0.6 is 0 Å². The molecule has 6 heteroatoms. The Morgan fingerprint density at radius 3 is 1.71 bits per heavy atom. The van der Waals surface area contributed by atoms with E-state index in [2.05, 4.69) is 57.6 Å². The van der Waals surface area contributed by atoms with Crippen LogP contribution in [0.5, 0.6) is 0 Å². The van der Waals surface area contributed by atoms with Gasteiger partial charge >= 0.3 is 0 Å². The van der Waals surface area contributed by atoms with Crippen molar-refractivity contribution in [3.05, 3.63) is 0 Å². The van der Waals surface area contributed by atoms with Gasteiger partial charge in [0.15, 0.2) is 16.6 Å². The van der Waals surface area contributed by atoms with E-state index in [1.54, 1.807) is 0 Å². The maximum absolute atomic E-state index is 6.58. The number of rotatable bonds is 12. The standard InChI is InChI=1S/C15H39N3OSi2/c1-8-14(2)10-17-12-20(4,5)19-21(6,7)13-18-11-15(3)9-16/h14-15,17-18H,8-13,16H2,1-7H3. The SMILES string of the molecule is CCC(C)CNC[Si](C)(C)O[Si](C)(C)CNCC(C)CN. The monoisotopic (exact) mass is 333 g/mol. The first-order chi connectivity index (χ1) is 9.62. The molecule has 0 amide bonds. The van der Waals surface area contributed by atoms with Crippen LogP contribution in [0.25, 0.3) is 0 Å². The van der Waals surface area contributed by atoms with Gasteiger partial charge in [0, 0.05) is 12.3 Å². The van der Waals surface area contributed by atoms with Crippen molar-refractivity contribution in [3.8, 4) is 0 Å². The highest BCUT2D eigenvalue weighted by Gasteiger charge is 2.32. The Bertz CT molecular complexity index is 250. The predicted molar refractivity (Wildman–Crippen MR) is 99.5 cm³/mol. The molecule has 0 rings (SSSR count). The fourth-order valence-electron chi connectivity index (χ4n) is 2.29. The molecule has 21 heavy (non-hydrogen) atoms. The second-order valence-corrected chi connectivity index (χ2v) is 16.3. The molecule has 0 aromatic heterocycles. The maximum atomic E-state index is 6.58. The number of nitrogens with two attached hydrogens (primary N) is 1. The number of hydrogen-bond acceptors (Lipinski definition) is 4. The smallest absolute Gasteiger partial charge is 0.187 e. The van der Waals surface area contributed by atoms with E-state index in [-0.39, 0.29) is 0 Å². The first kappa shape index (κ1) is 21.3. The third-order valence-electron chi connectivity index (χ3n) is 3.74. The van der Waals surface area contributed by atoms with E-state index in [1.165, 1.54) is 6.42 Å². The zero-order valence-electron chi connectivity index (χ0n) is 15.4. The Labute approximate surface area is 134 Å². The van der Waals surface area contributed by atoms with Crippen molar-refractivity contribution in [2.75, 3.05) is 32.0 Å². The van der Waals surface area contributed by atoms with E-state index in [0.717, 1.165) is 37.9 Å². The molecule has 0 aromatic rings. The molecule has 0 aliphatic rings. The first-order valence-corrected chi connectivity index (χ1v) is 14.7. The fraction of sp³-hybridized carbons (Fsp3) is 1.00. The van der Waals surface area contributed by atoms with E-state index in [4.69, 9.17) is 9.85 Å². The van der Waals surface area contributed by atoms with Gasteiger partial charge in [-0.15, -0.1) is 0 Å². The van der Waals surface area contributed by atoms with Crippen LogP contribution in [-0.4, -0.2) is 48.6 Å². The molecule has 0 aliphatic carbocycles. The number of nitrogens with one attached hydrogen (secondary N) is 2. The largest absolute Gasteiger partial charge is 0.454 e. The Hall–Kier alpha value is 0.274. The summed E-state index contributed by atoms with van der Waals surface area (Å²) in [6.45, 7) is 18.8. The second kappa shape index (κ2) is 10.1. The van der Waals surface area contributed by atoms with Crippen molar-refractivity contribution < 1.29 is 4.12 Å².